The largest absolute Gasteiger partial charge is 0.488 e. The minimum absolute atomic E-state index is 0.0757. The number of hydrogen-bond donors (Lipinski definition) is 0. The van der Waals surface area contributed by atoms with Crippen molar-refractivity contribution in [3.05, 3.63) is 82.5 Å². The van der Waals surface area contributed by atoms with Crippen molar-refractivity contribution in [2.45, 2.75) is 27.1 Å². The second-order valence-electron chi connectivity index (χ2n) is 5.79. The molecule has 0 atom stereocenters. The maximum Gasteiger partial charge on any atom is 0.342 e. The zero-order valence-electron chi connectivity index (χ0n) is 14.5. The molecule has 26 heavy (non-hydrogen) atoms. The number of aryl methyl sites for hydroxylation is 2. The Morgan fingerprint density at radius 1 is 1.08 bits per heavy atom. The SMILES string of the molecule is Cc1noc(C)c1COC(=O)c1ccccc1OCc1ccc(F)cc1. The van der Waals surface area contributed by atoms with Crippen LogP contribution in [0, 0.1) is 19.7 Å². The molecular formula is C20H18FNO4. The highest BCUT2D eigenvalue weighted by Crippen LogP contribution is 2.22. The number of benzene rings is 2. The van der Waals surface area contributed by atoms with Gasteiger partial charge in [-0.3, -0.25) is 0 Å². The Morgan fingerprint density at radius 3 is 2.50 bits per heavy atom. The number of carbonyl (C=O) groups is 1. The van der Waals surface area contributed by atoms with Crippen molar-refractivity contribution in [1.82, 2.24) is 5.16 Å². The Labute approximate surface area is 150 Å². The van der Waals surface area contributed by atoms with E-state index in [9.17, 15) is 9.18 Å². The number of carbonyl (C=O) groups excluding carboxylic acids is 1. The average Bonchev–Trinajstić information content (AvgIpc) is 2.97. The fourth-order valence-electron chi connectivity index (χ4n) is 2.43. The first-order valence-electron chi connectivity index (χ1n) is 8.09. The van der Waals surface area contributed by atoms with Crippen molar-refractivity contribution in [2.24, 2.45) is 0 Å². The summed E-state index contributed by atoms with van der Waals surface area (Å²) < 4.78 is 29.1. The Balaban J connectivity index is 1.67. The molecule has 0 amide bonds. The number of nitrogens with zero attached hydrogens (tertiary/aromatic N) is 1. The van der Waals surface area contributed by atoms with Gasteiger partial charge in [0.15, 0.2) is 0 Å². The predicted molar refractivity (Wildman–Crippen MR) is 92.3 cm³/mol. The lowest BCUT2D eigenvalue weighted by Gasteiger charge is -2.11. The van der Waals surface area contributed by atoms with Crippen LogP contribution in [0.5, 0.6) is 5.75 Å². The van der Waals surface area contributed by atoms with Crippen LogP contribution in [-0.2, 0) is 18.0 Å². The molecule has 6 heteroatoms. The third-order valence-corrected chi connectivity index (χ3v) is 3.94. The molecule has 3 rings (SSSR count). The molecular weight excluding hydrogens is 337 g/mol. The molecule has 2 aromatic carbocycles. The second kappa shape index (κ2) is 7.82. The normalized spacial score (nSPS) is 10.6. The summed E-state index contributed by atoms with van der Waals surface area (Å²) in [6, 6.07) is 12.8. The van der Waals surface area contributed by atoms with Crippen molar-refractivity contribution < 1.29 is 23.2 Å². The van der Waals surface area contributed by atoms with E-state index in [1.54, 1.807) is 50.2 Å². The smallest absolute Gasteiger partial charge is 0.342 e. The van der Waals surface area contributed by atoms with Crippen LogP contribution in [0.25, 0.3) is 0 Å². The minimum Gasteiger partial charge on any atom is -0.488 e. The van der Waals surface area contributed by atoms with E-state index < -0.39 is 5.97 Å². The van der Waals surface area contributed by atoms with Gasteiger partial charge in [-0.2, -0.15) is 0 Å². The van der Waals surface area contributed by atoms with Crippen molar-refractivity contribution in [3.8, 4) is 5.75 Å². The molecule has 0 aliphatic heterocycles. The van der Waals surface area contributed by atoms with Gasteiger partial charge in [-0.1, -0.05) is 29.4 Å². The molecule has 0 fully saturated rings. The van der Waals surface area contributed by atoms with Crippen LogP contribution >= 0.6 is 0 Å². The molecule has 0 unspecified atom stereocenters. The molecule has 0 aliphatic carbocycles. The fourth-order valence-corrected chi connectivity index (χ4v) is 2.43. The molecule has 0 aliphatic rings. The molecule has 0 saturated heterocycles. The van der Waals surface area contributed by atoms with Gasteiger partial charge in [-0.15, -0.1) is 0 Å². The highest BCUT2D eigenvalue weighted by Gasteiger charge is 2.16. The van der Waals surface area contributed by atoms with Crippen LogP contribution in [-0.4, -0.2) is 11.1 Å². The van der Waals surface area contributed by atoms with Crippen LogP contribution in [0.1, 0.15) is 32.9 Å². The van der Waals surface area contributed by atoms with Crippen molar-refractivity contribution >= 4 is 5.97 Å². The lowest BCUT2D eigenvalue weighted by atomic mass is 10.2. The lowest BCUT2D eigenvalue weighted by molar-refractivity contribution is 0.0465. The molecule has 1 aromatic heterocycles. The summed E-state index contributed by atoms with van der Waals surface area (Å²) >= 11 is 0. The monoisotopic (exact) mass is 355 g/mol. The molecule has 0 N–H and O–H groups in total. The number of halogens is 1. The third kappa shape index (κ3) is 4.08. The molecule has 5 nitrogen and oxygen atoms in total. The van der Waals surface area contributed by atoms with Crippen molar-refractivity contribution in [3.63, 3.8) is 0 Å². The van der Waals surface area contributed by atoms with Gasteiger partial charge >= 0.3 is 5.97 Å². The molecule has 0 radical (unpaired) electrons. The van der Waals surface area contributed by atoms with E-state index in [1.807, 2.05) is 0 Å². The highest BCUT2D eigenvalue weighted by atomic mass is 19.1. The van der Waals surface area contributed by atoms with E-state index in [-0.39, 0.29) is 19.0 Å². The van der Waals surface area contributed by atoms with Gasteiger partial charge in [0.2, 0.25) is 0 Å². The maximum absolute atomic E-state index is 13.0. The Kier molecular flexibility index (Phi) is 5.31. The lowest BCUT2D eigenvalue weighted by Crippen LogP contribution is -2.09. The number of hydrogen-bond acceptors (Lipinski definition) is 5. The maximum atomic E-state index is 13.0. The zero-order valence-corrected chi connectivity index (χ0v) is 14.5. The van der Waals surface area contributed by atoms with E-state index in [2.05, 4.69) is 5.16 Å². The summed E-state index contributed by atoms with van der Waals surface area (Å²) in [7, 11) is 0. The molecule has 134 valence electrons. The summed E-state index contributed by atoms with van der Waals surface area (Å²) in [6.45, 7) is 3.85. The predicted octanol–water partition coefficient (Wildman–Crippen LogP) is 4.37. The van der Waals surface area contributed by atoms with Gasteiger partial charge in [-0.25, -0.2) is 9.18 Å². The summed E-state index contributed by atoms with van der Waals surface area (Å²) in [5.74, 6) is 0.216. The number of aromatic nitrogens is 1. The Hall–Kier alpha value is -3.15. The number of para-hydroxylation sites is 1. The van der Waals surface area contributed by atoms with Crippen molar-refractivity contribution in [1.29, 1.82) is 0 Å². The first-order valence-corrected chi connectivity index (χ1v) is 8.09. The second-order valence-corrected chi connectivity index (χ2v) is 5.79. The number of rotatable bonds is 6. The fraction of sp³-hybridized carbons (Fsp3) is 0.200. The van der Waals surface area contributed by atoms with Gasteiger partial charge in [0.1, 0.15) is 36.1 Å². The van der Waals surface area contributed by atoms with E-state index in [0.717, 1.165) is 11.1 Å². The first kappa shape index (κ1) is 17.7. The van der Waals surface area contributed by atoms with Crippen LogP contribution in [0.3, 0.4) is 0 Å². The van der Waals surface area contributed by atoms with Gasteiger partial charge in [0.05, 0.1) is 11.3 Å². The van der Waals surface area contributed by atoms with E-state index in [4.69, 9.17) is 14.0 Å². The minimum atomic E-state index is -0.500. The first-order chi connectivity index (χ1) is 12.5. The summed E-state index contributed by atoms with van der Waals surface area (Å²) in [5.41, 5.74) is 2.56. The van der Waals surface area contributed by atoms with Crippen LogP contribution in [0.2, 0.25) is 0 Å². The van der Waals surface area contributed by atoms with E-state index in [0.29, 0.717) is 22.8 Å². The molecule has 1 heterocycles. The quantitative estimate of drug-likeness (QED) is 0.615. The highest BCUT2D eigenvalue weighted by molar-refractivity contribution is 5.92. The van der Waals surface area contributed by atoms with E-state index >= 15 is 0 Å². The van der Waals surface area contributed by atoms with Gasteiger partial charge in [0.25, 0.3) is 0 Å². The topological polar surface area (TPSA) is 61.6 Å². The third-order valence-electron chi connectivity index (χ3n) is 3.94. The van der Waals surface area contributed by atoms with E-state index in [1.165, 1.54) is 12.1 Å². The molecule has 0 saturated carbocycles. The van der Waals surface area contributed by atoms with Gasteiger partial charge in [-0.05, 0) is 43.7 Å². The standard InChI is InChI=1S/C20H18FNO4/c1-13-18(14(2)26-22-13)12-25-20(23)17-5-3-4-6-19(17)24-11-15-7-9-16(21)10-8-15/h3-10H,11-12H2,1-2H3. The molecule has 0 bridgehead atoms. The van der Waals surface area contributed by atoms with Crippen LogP contribution in [0.4, 0.5) is 4.39 Å². The summed E-state index contributed by atoms with van der Waals surface area (Å²) in [6.07, 6.45) is 0. The van der Waals surface area contributed by atoms with Gasteiger partial charge < -0.3 is 14.0 Å². The van der Waals surface area contributed by atoms with Gasteiger partial charge in [0, 0.05) is 0 Å². The zero-order chi connectivity index (χ0) is 18.5. The number of esters is 1. The summed E-state index contributed by atoms with van der Waals surface area (Å²) in [4.78, 5) is 12.4. The van der Waals surface area contributed by atoms with Crippen molar-refractivity contribution in [2.75, 3.05) is 0 Å². The summed E-state index contributed by atoms with van der Waals surface area (Å²) in [5, 5.41) is 3.84. The number of ether oxygens (including phenoxy) is 2. The Bertz CT molecular complexity index is 883. The molecule has 0 spiro atoms. The Morgan fingerprint density at radius 2 is 1.81 bits per heavy atom. The molecule has 3 aromatic rings. The average molecular weight is 355 g/mol. The van der Waals surface area contributed by atoms with Crippen LogP contribution in [0.15, 0.2) is 53.1 Å². The van der Waals surface area contributed by atoms with Crippen LogP contribution < -0.4 is 4.74 Å².